The van der Waals surface area contributed by atoms with E-state index in [0.29, 0.717) is 11.5 Å². The van der Waals surface area contributed by atoms with E-state index in [0.717, 1.165) is 22.0 Å². The first-order valence-corrected chi connectivity index (χ1v) is 8.24. The number of imidazole rings is 1. The van der Waals surface area contributed by atoms with Crippen molar-refractivity contribution in [2.45, 2.75) is 6.54 Å². The zero-order chi connectivity index (χ0) is 17.2. The quantitative estimate of drug-likeness (QED) is 0.561. The molecule has 0 aliphatic rings. The average Bonchev–Trinajstić information content (AvgIpc) is 3.36. The minimum Gasteiger partial charge on any atom is -0.496 e. The van der Waals surface area contributed by atoms with E-state index in [4.69, 9.17) is 4.74 Å². The summed E-state index contributed by atoms with van der Waals surface area (Å²) in [4.78, 5) is 17.7. The average molecular weight is 355 g/mol. The number of carbonyl (C=O) groups is 1. The maximum atomic E-state index is 12.4. The molecule has 0 radical (unpaired) electrons. The molecule has 9 nitrogen and oxygen atoms in total. The van der Waals surface area contributed by atoms with Crippen LogP contribution in [0.15, 0.2) is 35.8 Å². The number of H-pyrrole nitrogens is 1. The fourth-order valence-corrected chi connectivity index (χ4v) is 3.29. The van der Waals surface area contributed by atoms with Crippen molar-refractivity contribution in [1.29, 1.82) is 0 Å². The summed E-state index contributed by atoms with van der Waals surface area (Å²) < 4.78 is 7.14. The van der Waals surface area contributed by atoms with E-state index in [9.17, 15) is 4.79 Å². The van der Waals surface area contributed by atoms with Crippen LogP contribution in [0.2, 0.25) is 0 Å². The Bertz CT molecular complexity index is 1020. The zero-order valence-electron chi connectivity index (χ0n) is 13.1. The number of aromatic nitrogens is 6. The molecule has 3 heterocycles. The normalized spacial score (nSPS) is 10.9. The number of ether oxygens (including phenoxy) is 1. The Balaban J connectivity index is 1.63. The second kappa shape index (κ2) is 6.32. The predicted molar refractivity (Wildman–Crippen MR) is 90.4 cm³/mol. The predicted octanol–water partition coefficient (Wildman–Crippen LogP) is 1.51. The zero-order valence-corrected chi connectivity index (χ0v) is 13.9. The Morgan fingerprint density at radius 3 is 3.08 bits per heavy atom. The second-order valence-corrected chi connectivity index (χ2v) is 5.95. The molecule has 0 spiro atoms. The molecule has 0 saturated heterocycles. The molecule has 0 aliphatic heterocycles. The van der Waals surface area contributed by atoms with Gasteiger partial charge in [0.25, 0.3) is 5.91 Å². The number of aromatic amines is 1. The van der Waals surface area contributed by atoms with Crippen molar-refractivity contribution in [3.05, 3.63) is 47.4 Å². The van der Waals surface area contributed by atoms with E-state index in [-0.39, 0.29) is 12.5 Å². The van der Waals surface area contributed by atoms with Crippen LogP contribution in [0.5, 0.6) is 5.75 Å². The number of hydrogen-bond donors (Lipinski definition) is 2. The van der Waals surface area contributed by atoms with E-state index in [1.54, 1.807) is 16.9 Å². The maximum absolute atomic E-state index is 12.4. The van der Waals surface area contributed by atoms with Gasteiger partial charge in [0, 0.05) is 17.1 Å². The van der Waals surface area contributed by atoms with Crippen LogP contribution in [0, 0.1) is 0 Å². The number of carbonyl (C=O) groups excluding carboxylic acids is 1. The monoisotopic (exact) mass is 355 g/mol. The van der Waals surface area contributed by atoms with Gasteiger partial charge in [0.2, 0.25) is 0 Å². The molecule has 0 bridgehead atoms. The van der Waals surface area contributed by atoms with Crippen LogP contribution >= 0.6 is 11.3 Å². The van der Waals surface area contributed by atoms with Crippen LogP contribution in [-0.4, -0.2) is 43.0 Å². The second-order valence-electron chi connectivity index (χ2n) is 5.11. The minimum absolute atomic E-state index is 0.195. The summed E-state index contributed by atoms with van der Waals surface area (Å²) in [5.41, 5.74) is 2.12. The lowest BCUT2D eigenvalue weighted by Gasteiger charge is -2.04. The Morgan fingerprint density at radius 1 is 1.40 bits per heavy atom. The van der Waals surface area contributed by atoms with Crippen molar-refractivity contribution in [3.8, 4) is 17.0 Å². The van der Waals surface area contributed by atoms with E-state index in [1.807, 2.05) is 30.5 Å². The number of para-hydroxylation sites is 1. The van der Waals surface area contributed by atoms with Gasteiger partial charge in [-0.25, -0.2) is 4.98 Å². The molecule has 1 aromatic carbocycles. The minimum atomic E-state index is -0.236. The molecule has 0 fully saturated rings. The van der Waals surface area contributed by atoms with Gasteiger partial charge < -0.3 is 10.1 Å². The van der Waals surface area contributed by atoms with Crippen LogP contribution in [-0.2, 0) is 6.54 Å². The van der Waals surface area contributed by atoms with Crippen LogP contribution in [0.4, 0.5) is 0 Å². The maximum Gasteiger partial charge on any atom is 0.269 e. The van der Waals surface area contributed by atoms with Gasteiger partial charge in [-0.2, -0.15) is 5.21 Å². The highest BCUT2D eigenvalue weighted by Crippen LogP contribution is 2.30. The van der Waals surface area contributed by atoms with Gasteiger partial charge in [0.05, 0.1) is 19.3 Å². The third-order valence-electron chi connectivity index (χ3n) is 3.62. The Morgan fingerprint density at radius 2 is 2.28 bits per heavy atom. The number of thiazole rings is 1. The van der Waals surface area contributed by atoms with E-state index >= 15 is 0 Å². The third kappa shape index (κ3) is 2.83. The number of amides is 1. The summed E-state index contributed by atoms with van der Waals surface area (Å²) in [5, 5.41) is 17.9. The summed E-state index contributed by atoms with van der Waals surface area (Å²) in [7, 11) is 1.62. The highest BCUT2D eigenvalue weighted by molar-refractivity contribution is 7.15. The summed E-state index contributed by atoms with van der Waals surface area (Å²) in [5.74, 6) is 0.913. The SMILES string of the molecule is COc1ccccc1-c1cn2c(C(=O)NCc3nn[nH]n3)csc2n1. The van der Waals surface area contributed by atoms with Crippen molar-refractivity contribution in [3.63, 3.8) is 0 Å². The number of tetrazole rings is 1. The number of fused-ring (bicyclic) bond motifs is 1. The lowest BCUT2D eigenvalue weighted by molar-refractivity contribution is 0.0944. The van der Waals surface area contributed by atoms with E-state index in [1.165, 1.54) is 11.3 Å². The molecule has 2 N–H and O–H groups in total. The third-order valence-corrected chi connectivity index (χ3v) is 4.46. The number of nitrogens with one attached hydrogen (secondary N) is 2. The lowest BCUT2D eigenvalue weighted by atomic mass is 10.1. The van der Waals surface area contributed by atoms with Gasteiger partial charge in [-0.1, -0.05) is 17.3 Å². The molecule has 3 aromatic heterocycles. The molecule has 0 atom stereocenters. The first-order valence-electron chi connectivity index (χ1n) is 7.37. The van der Waals surface area contributed by atoms with Crippen LogP contribution in [0.3, 0.4) is 0 Å². The van der Waals surface area contributed by atoms with Gasteiger partial charge in [0.1, 0.15) is 11.4 Å². The van der Waals surface area contributed by atoms with Crippen molar-refractivity contribution >= 4 is 22.2 Å². The Kier molecular flexibility index (Phi) is 3.86. The standard InChI is InChI=1S/C15H13N7O2S/c1-24-12-5-3-2-4-9(12)10-7-22-11(8-25-15(22)17-10)14(23)16-6-13-18-20-21-19-13/h2-5,7-8H,6H2,1H3,(H,16,23)(H,18,19,20,21). The molecule has 0 unspecified atom stereocenters. The molecular weight excluding hydrogens is 342 g/mol. The molecule has 1 amide bonds. The molecule has 126 valence electrons. The van der Waals surface area contributed by atoms with Crippen molar-refractivity contribution < 1.29 is 9.53 Å². The molecule has 0 saturated carbocycles. The van der Waals surface area contributed by atoms with Crippen molar-refractivity contribution in [2.24, 2.45) is 0 Å². The summed E-state index contributed by atoms with van der Waals surface area (Å²) in [6.07, 6.45) is 1.83. The molecule has 4 aromatic rings. The van der Waals surface area contributed by atoms with E-state index < -0.39 is 0 Å². The Hall–Kier alpha value is -3.27. The number of rotatable bonds is 5. The molecule has 25 heavy (non-hydrogen) atoms. The van der Waals surface area contributed by atoms with E-state index in [2.05, 4.69) is 30.9 Å². The van der Waals surface area contributed by atoms with Crippen LogP contribution < -0.4 is 10.1 Å². The fourth-order valence-electron chi connectivity index (χ4n) is 2.44. The van der Waals surface area contributed by atoms with Crippen LogP contribution in [0.1, 0.15) is 16.3 Å². The number of methoxy groups -OCH3 is 1. The molecule has 4 rings (SSSR count). The topological polar surface area (TPSA) is 110 Å². The highest BCUT2D eigenvalue weighted by Gasteiger charge is 2.17. The summed E-state index contributed by atoms with van der Waals surface area (Å²) in [6, 6.07) is 7.63. The van der Waals surface area contributed by atoms with Gasteiger partial charge >= 0.3 is 0 Å². The number of hydrogen-bond acceptors (Lipinski definition) is 7. The highest BCUT2D eigenvalue weighted by atomic mass is 32.1. The first kappa shape index (κ1) is 15.3. The fraction of sp³-hybridized carbons (Fsp3) is 0.133. The van der Waals surface area contributed by atoms with Crippen LogP contribution in [0.25, 0.3) is 16.2 Å². The Labute approximate surface area is 145 Å². The van der Waals surface area contributed by atoms with Gasteiger partial charge in [-0.15, -0.1) is 21.5 Å². The first-order chi connectivity index (χ1) is 12.3. The number of benzene rings is 1. The summed E-state index contributed by atoms with van der Waals surface area (Å²) >= 11 is 1.39. The van der Waals surface area contributed by atoms with Crippen molar-refractivity contribution in [1.82, 2.24) is 35.3 Å². The smallest absolute Gasteiger partial charge is 0.269 e. The largest absolute Gasteiger partial charge is 0.496 e. The lowest BCUT2D eigenvalue weighted by Crippen LogP contribution is -2.24. The van der Waals surface area contributed by atoms with Crippen molar-refractivity contribution in [2.75, 3.05) is 7.11 Å². The summed E-state index contributed by atoms with van der Waals surface area (Å²) in [6.45, 7) is 0.195. The van der Waals surface area contributed by atoms with Gasteiger partial charge in [-0.05, 0) is 12.1 Å². The molecular formula is C15H13N7O2S. The number of nitrogens with zero attached hydrogens (tertiary/aromatic N) is 5. The molecule has 0 aliphatic carbocycles. The van der Waals surface area contributed by atoms with Gasteiger partial charge in [0.15, 0.2) is 10.8 Å². The molecule has 10 heteroatoms. The van der Waals surface area contributed by atoms with Gasteiger partial charge in [-0.3, -0.25) is 9.20 Å².